The van der Waals surface area contributed by atoms with Crippen LogP contribution < -0.4 is 10.6 Å². The SMILES string of the molecule is O=C(CNCC1CC1)NCCc1csc(-c2ccccc2)n1. The van der Waals surface area contributed by atoms with E-state index in [1.54, 1.807) is 11.3 Å². The summed E-state index contributed by atoms with van der Waals surface area (Å²) in [6.45, 7) is 2.03. The van der Waals surface area contributed by atoms with Crippen molar-refractivity contribution in [1.82, 2.24) is 15.6 Å². The van der Waals surface area contributed by atoms with Crippen LogP contribution in [0, 0.1) is 5.92 Å². The van der Waals surface area contributed by atoms with Crippen LogP contribution in [0.15, 0.2) is 35.7 Å². The van der Waals surface area contributed by atoms with Gasteiger partial charge in [0.2, 0.25) is 5.91 Å². The van der Waals surface area contributed by atoms with Crippen LogP contribution in [-0.4, -0.2) is 30.5 Å². The molecule has 1 amide bonds. The minimum atomic E-state index is 0.0687. The Bertz CT molecular complexity index is 607. The van der Waals surface area contributed by atoms with E-state index in [9.17, 15) is 4.79 Å². The van der Waals surface area contributed by atoms with Crippen LogP contribution in [0.5, 0.6) is 0 Å². The molecule has 0 atom stereocenters. The van der Waals surface area contributed by atoms with Crippen LogP contribution >= 0.6 is 11.3 Å². The van der Waals surface area contributed by atoms with Gasteiger partial charge < -0.3 is 10.6 Å². The largest absolute Gasteiger partial charge is 0.355 e. The summed E-state index contributed by atoms with van der Waals surface area (Å²) in [6, 6.07) is 10.2. The number of carbonyl (C=O) groups is 1. The molecule has 1 aliphatic rings. The fraction of sp³-hybridized carbons (Fsp3) is 0.412. The lowest BCUT2D eigenvalue weighted by Gasteiger charge is -2.05. The van der Waals surface area contributed by atoms with Crippen molar-refractivity contribution in [3.8, 4) is 10.6 Å². The van der Waals surface area contributed by atoms with E-state index in [1.165, 1.54) is 12.8 Å². The van der Waals surface area contributed by atoms with Gasteiger partial charge in [0, 0.05) is 23.9 Å². The van der Waals surface area contributed by atoms with E-state index in [0.29, 0.717) is 13.1 Å². The highest BCUT2D eigenvalue weighted by Gasteiger charge is 2.20. The Morgan fingerprint density at radius 3 is 2.86 bits per heavy atom. The quantitative estimate of drug-likeness (QED) is 0.787. The lowest BCUT2D eigenvalue weighted by atomic mass is 10.2. The van der Waals surface area contributed by atoms with Crippen molar-refractivity contribution in [3.63, 3.8) is 0 Å². The second-order valence-corrected chi connectivity index (χ2v) is 6.54. The Labute approximate surface area is 135 Å². The minimum Gasteiger partial charge on any atom is -0.355 e. The summed E-state index contributed by atoms with van der Waals surface area (Å²) in [5.74, 6) is 0.873. The average Bonchev–Trinajstić information content (AvgIpc) is 3.24. The number of hydrogen-bond donors (Lipinski definition) is 2. The van der Waals surface area contributed by atoms with Crippen LogP contribution in [0.3, 0.4) is 0 Å². The minimum absolute atomic E-state index is 0.0687. The van der Waals surface area contributed by atoms with E-state index in [2.05, 4.69) is 33.1 Å². The number of hydrogen-bond acceptors (Lipinski definition) is 4. The number of aromatic nitrogens is 1. The second kappa shape index (κ2) is 7.51. The van der Waals surface area contributed by atoms with Gasteiger partial charge in [-0.3, -0.25) is 4.79 Å². The molecule has 2 N–H and O–H groups in total. The maximum Gasteiger partial charge on any atom is 0.233 e. The second-order valence-electron chi connectivity index (χ2n) is 5.68. The molecule has 1 fully saturated rings. The van der Waals surface area contributed by atoms with Crippen molar-refractivity contribution in [1.29, 1.82) is 0 Å². The first-order valence-corrected chi connectivity index (χ1v) is 8.66. The molecule has 2 aromatic rings. The molecule has 1 heterocycles. The molecule has 0 saturated heterocycles. The van der Waals surface area contributed by atoms with Gasteiger partial charge >= 0.3 is 0 Å². The number of thiazole rings is 1. The van der Waals surface area contributed by atoms with Gasteiger partial charge in [-0.25, -0.2) is 4.98 Å². The summed E-state index contributed by atoms with van der Waals surface area (Å²) in [5, 5.41) is 9.24. The average molecular weight is 315 g/mol. The first kappa shape index (κ1) is 15.2. The van der Waals surface area contributed by atoms with Crippen molar-refractivity contribution in [2.75, 3.05) is 19.6 Å². The first-order valence-electron chi connectivity index (χ1n) is 7.78. The maximum absolute atomic E-state index is 11.7. The van der Waals surface area contributed by atoms with Crippen LogP contribution in [0.2, 0.25) is 0 Å². The van der Waals surface area contributed by atoms with Crippen LogP contribution in [-0.2, 0) is 11.2 Å². The van der Waals surface area contributed by atoms with Gasteiger partial charge in [-0.1, -0.05) is 30.3 Å². The molecular formula is C17H21N3OS. The molecule has 116 valence electrons. The summed E-state index contributed by atoms with van der Waals surface area (Å²) >= 11 is 1.65. The predicted octanol–water partition coefficient (Wildman–Crippen LogP) is 2.47. The third-order valence-electron chi connectivity index (χ3n) is 3.69. The van der Waals surface area contributed by atoms with Gasteiger partial charge in [0.1, 0.15) is 5.01 Å². The molecule has 3 rings (SSSR count). The topological polar surface area (TPSA) is 54.0 Å². The zero-order chi connectivity index (χ0) is 15.2. The Kier molecular flexibility index (Phi) is 5.19. The molecule has 0 aliphatic heterocycles. The molecule has 1 saturated carbocycles. The predicted molar refractivity (Wildman–Crippen MR) is 89.9 cm³/mol. The van der Waals surface area contributed by atoms with Gasteiger partial charge in [0.05, 0.1) is 12.2 Å². The molecule has 0 radical (unpaired) electrons. The Morgan fingerprint density at radius 1 is 1.27 bits per heavy atom. The molecule has 22 heavy (non-hydrogen) atoms. The molecule has 1 aromatic carbocycles. The molecule has 5 heteroatoms. The maximum atomic E-state index is 11.7. The fourth-order valence-electron chi connectivity index (χ4n) is 2.24. The lowest BCUT2D eigenvalue weighted by molar-refractivity contribution is -0.120. The monoisotopic (exact) mass is 315 g/mol. The lowest BCUT2D eigenvalue weighted by Crippen LogP contribution is -2.35. The van der Waals surface area contributed by atoms with Crippen LogP contribution in [0.1, 0.15) is 18.5 Å². The summed E-state index contributed by atoms with van der Waals surface area (Å²) in [5.41, 5.74) is 2.18. The number of carbonyl (C=O) groups excluding carboxylic acids is 1. The normalized spacial score (nSPS) is 14.0. The van der Waals surface area contributed by atoms with Crippen molar-refractivity contribution in [3.05, 3.63) is 41.4 Å². The third kappa shape index (κ3) is 4.64. The van der Waals surface area contributed by atoms with Gasteiger partial charge in [0.15, 0.2) is 0 Å². The first-order chi connectivity index (χ1) is 10.8. The van der Waals surface area contributed by atoms with Crippen molar-refractivity contribution < 1.29 is 4.79 Å². The summed E-state index contributed by atoms with van der Waals surface area (Å²) in [7, 11) is 0. The molecule has 0 bridgehead atoms. The van der Waals surface area contributed by atoms with E-state index in [1.807, 2.05) is 18.2 Å². The Morgan fingerprint density at radius 2 is 2.09 bits per heavy atom. The highest BCUT2D eigenvalue weighted by atomic mass is 32.1. The molecule has 4 nitrogen and oxygen atoms in total. The Balaban J connectivity index is 1.38. The molecule has 1 aromatic heterocycles. The number of amides is 1. The highest BCUT2D eigenvalue weighted by molar-refractivity contribution is 7.13. The molecular weight excluding hydrogens is 294 g/mol. The highest BCUT2D eigenvalue weighted by Crippen LogP contribution is 2.27. The molecule has 1 aliphatic carbocycles. The van der Waals surface area contributed by atoms with Gasteiger partial charge in [-0.2, -0.15) is 0 Å². The van der Waals surface area contributed by atoms with E-state index in [-0.39, 0.29) is 5.91 Å². The van der Waals surface area contributed by atoms with E-state index < -0.39 is 0 Å². The summed E-state index contributed by atoms with van der Waals surface area (Å²) in [6.07, 6.45) is 3.39. The summed E-state index contributed by atoms with van der Waals surface area (Å²) in [4.78, 5) is 16.3. The van der Waals surface area contributed by atoms with Gasteiger partial charge in [-0.15, -0.1) is 11.3 Å². The van der Waals surface area contributed by atoms with E-state index >= 15 is 0 Å². The smallest absolute Gasteiger partial charge is 0.233 e. The zero-order valence-corrected chi connectivity index (χ0v) is 13.4. The zero-order valence-electron chi connectivity index (χ0n) is 12.5. The Hall–Kier alpha value is -1.72. The van der Waals surface area contributed by atoms with Gasteiger partial charge in [-0.05, 0) is 25.3 Å². The van der Waals surface area contributed by atoms with Crippen molar-refractivity contribution in [2.24, 2.45) is 5.92 Å². The molecule has 0 spiro atoms. The van der Waals surface area contributed by atoms with Crippen molar-refractivity contribution >= 4 is 17.2 Å². The summed E-state index contributed by atoms with van der Waals surface area (Å²) < 4.78 is 0. The fourth-order valence-corrected chi connectivity index (χ4v) is 3.10. The van der Waals surface area contributed by atoms with E-state index in [4.69, 9.17) is 0 Å². The number of nitrogens with one attached hydrogen (secondary N) is 2. The number of nitrogens with zero attached hydrogens (tertiary/aromatic N) is 1. The third-order valence-corrected chi connectivity index (χ3v) is 4.63. The van der Waals surface area contributed by atoms with Crippen LogP contribution in [0.4, 0.5) is 0 Å². The van der Waals surface area contributed by atoms with Crippen molar-refractivity contribution in [2.45, 2.75) is 19.3 Å². The number of rotatable bonds is 8. The van der Waals surface area contributed by atoms with E-state index in [0.717, 1.165) is 35.1 Å². The number of benzene rings is 1. The molecule has 0 unspecified atom stereocenters. The standard InChI is InChI=1S/C17H21N3OS/c21-16(11-18-10-13-6-7-13)19-9-8-15-12-22-17(20-15)14-4-2-1-3-5-14/h1-5,12-13,18H,6-11H2,(H,19,21). The van der Waals surface area contributed by atoms with Gasteiger partial charge in [0.25, 0.3) is 0 Å². The van der Waals surface area contributed by atoms with Crippen LogP contribution in [0.25, 0.3) is 10.6 Å².